The third-order valence-electron chi connectivity index (χ3n) is 2.93. The van der Waals surface area contributed by atoms with Crippen molar-refractivity contribution in [3.05, 3.63) is 40.3 Å². The van der Waals surface area contributed by atoms with E-state index in [4.69, 9.17) is 11.6 Å². The monoisotopic (exact) mass is 261 g/mol. The molecule has 1 aromatic heterocycles. The zero-order chi connectivity index (χ0) is 13.3. The molecular weight excluding hydrogens is 246 g/mol. The van der Waals surface area contributed by atoms with Crippen LogP contribution in [0.2, 0.25) is 5.15 Å². The summed E-state index contributed by atoms with van der Waals surface area (Å²) in [6.07, 6.45) is 0. The molecule has 2 rings (SSSR count). The first-order chi connectivity index (χ1) is 8.49. The number of nitrogens with zero attached hydrogens (tertiary/aromatic N) is 3. The summed E-state index contributed by atoms with van der Waals surface area (Å²) in [5.74, 6) is 1.05. The fourth-order valence-electron chi connectivity index (χ4n) is 1.80. The van der Waals surface area contributed by atoms with Gasteiger partial charge in [-0.3, -0.25) is 0 Å². The van der Waals surface area contributed by atoms with Gasteiger partial charge >= 0.3 is 0 Å². The summed E-state index contributed by atoms with van der Waals surface area (Å²) in [5, 5.41) is 8.56. The van der Waals surface area contributed by atoms with Gasteiger partial charge in [0, 0.05) is 5.56 Å². The number of aryl methyl sites for hydroxylation is 2. The predicted octanol–water partition coefficient (Wildman–Crippen LogP) is 3.93. The maximum Gasteiger partial charge on any atom is 0.159 e. The van der Waals surface area contributed by atoms with Crippen LogP contribution in [0.4, 0.5) is 0 Å². The van der Waals surface area contributed by atoms with Crippen LogP contribution >= 0.6 is 11.6 Å². The van der Waals surface area contributed by atoms with E-state index in [9.17, 15) is 0 Å². The van der Waals surface area contributed by atoms with Gasteiger partial charge in [0.1, 0.15) is 11.5 Å². The highest BCUT2D eigenvalue weighted by Gasteiger charge is 2.12. The molecule has 3 nitrogen and oxygen atoms in total. The minimum absolute atomic E-state index is 0.409. The molecule has 0 saturated carbocycles. The first-order valence-corrected chi connectivity index (χ1v) is 6.34. The third-order valence-corrected chi connectivity index (χ3v) is 3.20. The summed E-state index contributed by atoms with van der Waals surface area (Å²) in [4.78, 5) is 4.16. The van der Waals surface area contributed by atoms with Gasteiger partial charge in [-0.2, -0.15) is 0 Å². The molecule has 0 aliphatic heterocycles. The molecule has 0 aliphatic carbocycles. The van der Waals surface area contributed by atoms with Crippen molar-refractivity contribution in [1.29, 1.82) is 0 Å². The largest absolute Gasteiger partial charge is 0.217 e. The number of hydrogen-bond donors (Lipinski definition) is 0. The van der Waals surface area contributed by atoms with Crippen molar-refractivity contribution < 1.29 is 0 Å². The maximum atomic E-state index is 6.15. The highest BCUT2D eigenvalue weighted by atomic mass is 35.5. The zero-order valence-corrected chi connectivity index (χ0v) is 11.8. The quantitative estimate of drug-likeness (QED) is 0.822. The average molecular weight is 262 g/mol. The first-order valence-electron chi connectivity index (χ1n) is 5.96. The van der Waals surface area contributed by atoms with Crippen molar-refractivity contribution in [3.63, 3.8) is 0 Å². The lowest BCUT2D eigenvalue weighted by Gasteiger charge is -2.11. The summed E-state index contributed by atoms with van der Waals surface area (Å²) >= 11 is 6.15. The molecule has 0 fully saturated rings. The van der Waals surface area contributed by atoms with Crippen LogP contribution in [0.1, 0.15) is 36.7 Å². The zero-order valence-electron chi connectivity index (χ0n) is 11.0. The molecule has 0 atom stereocenters. The van der Waals surface area contributed by atoms with Gasteiger partial charge in [-0.15, -0.1) is 10.2 Å². The van der Waals surface area contributed by atoms with E-state index in [1.807, 2.05) is 6.92 Å². The van der Waals surface area contributed by atoms with Gasteiger partial charge in [0.15, 0.2) is 5.15 Å². The summed E-state index contributed by atoms with van der Waals surface area (Å²) < 4.78 is 0. The van der Waals surface area contributed by atoms with Crippen molar-refractivity contribution in [2.45, 2.75) is 33.6 Å². The van der Waals surface area contributed by atoms with Gasteiger partial charge in [0.2, 0.25) is 0 Å². The second-order valence-corrected chi connectivity index (χ2v) is 5.09. The van der Waals surface area contributed by atoms with Gasteiger partial charge in [0.25, 0.3) is 0 Å². The Hall–Kier alpha value is -1.48. The number of rotatable bonds is 2. The highest BCUT2D eigenvalue weighted by Crippen LogP contribution is 2.29. The Morgan fingerprint density at radius 1 is 1.11 bits per heavy atom. The molecule has 2 aromatic rings. The number of hydrogen-bond acceptors (Lipinski definition) is 3. The highest BCUT2D eigenvalue weighted by molar-refractivity contribution is 6.31. The average Bonchev–Trinajstić information content (AvgIpc) is 2.30. The van der Waals surface area contributed by atoms with Crippen molar-refractivity contribution in [2.75, 3.05) is 0 Å². The Kier molecular flexibility index (Phi) is 3.62. The van der Waals surface area contributed by atoms with Crippen LogP contribution in [0.3, 0.4) is 0 Å². The van der Waals surface area contributed by atoms with Crippen molar-refractivity contribution in [1.82, 2.24) is 15.2 Å². The molecule has 0 unspecified atom stereocenters. The lowest BCUT2D eigenvalue weighted by atomic mass is 9.96. The third kappa shape index (κ3) is 2.51. The molecule has 0 saturated heterocycles. The van der Waals surface area contributed by atoms with Gasteiger partial charge in [-0.25, -0.2) is 4.98 Å². The van der Waals surface area contributed by atoms with Gasteiger partial charge in [0.05, 0.1) is 0 Å². The maximum absolute atomic E-state index is 6.15. The lowest BCUT2D eigenvalue weighted by Crippen LogP contribution is -1.98. The van der Waals surface area contributed by atoms with Crippen LogP contribution in [0, 0.1) is 13.8 Å². The normalized spacial score (nSPS) is 11.0. The van der Waals surface area contributed by atoms with Gasteiger partial charge in [-0.1, -0.05) is 37.6 Å². The topological polar surface area (TPSA) is 38.7 Å². The summed E-state index contributed by atoms with van der Waals surface area (Å²) in [5.41, 5.74) is 4.05. The Bertz CT molecular complexity index is 579. The van der Waals surface area contributed by atoms with E-state index in [0.29, 0.717) is 22.6 Å². The second kappa shape index (κ2) is 5.02. The van der Waals surface area contributed by atoms with Gasteiger partial charge < -0.3 is 0 Å². The van der Waals surface area contributed by atoms with Crippen LogP contribution < -0.4 is 0 Å². The summed E-state index contributed by atoms with van der Waals surface area (Å²) in [6.45, 7) is 8.14. The van der Waals surface area contributed by atoms with Crippen LogP contribution in [0.5, 0.6) is 0 Å². The molecule has 0 spiro atoms. The van der Waals surface area contributed by atoms with E-state index in [-0.39, 0.29) is 0 Å². The summed E-state index contributed by atoms with van der Waals surface area (Å²) in [6, 6.07) is 6.34. The Morgan fingerprint density at radius 3 is 2.44 bits per heavy atom. The molecule has 18 heavy (non-hydrogen) atoms. The molecular formula is C14H16ClN3. The van der Waals surface area contributed by atoms with E-state index in [2.05, 4.69) is 47.2 Å². The van der Waals surface area contributed by atoms with Crippen LogP contribution in [-0.2, 0) is 0 Å². The number of aromatic nitrogens is 3. The van der Waals surface area contributed by atoms with E-state index in [0.717, 1.165) is 11.1 Å². The Labute approximate surface area is 112 Å². The minimum Gasteiger partial charge on any atom is -0.217 e. The molecule has 0 amide bonds. The van der Waals surface area contributed by atoms with Crippen molar-refractivity contribution in [3.8, 4) is 11.3 Å². The number of halogens is 1. The summed E-state index contributed by atoms with van der Waals surface area (Å²) in [7, 11) is 0. The molecule has 4 heteroatoms. The van der Waals surface area contributed by atoms with E-state index < -0.39 is 0 Å². The van der Waals surface area contributed by atoms with E-state index in [1.165, 1.54) is 5.56 Å². The smallest absolute Gasteiger partial charge is 0.159 e. The lowest BCUT2D eigenvalue weighted by molar-refractivity contribution is 0.864. The fourth-order valence-corrected chi connectivity index (χ4v) is 2.06. The molecule has 1 heterocycles. The van der Waals surface area contributed by atoms with Crippen LogP contribution in [0.25, 0.3) is 11.3 Å². The SMILES string of the molecule is Cc1nnc(-c2cc(C(C)C)ccc2C)c(Cl)n1. The van der Waals surface area contributed by atoms with Crippen molar-refractivity contribution in [2.24, 2.45) is 0 Å². The fraction of sp³-hybridized carbons (Fsp3) is 0.357. The molecule has 1 aromatic carbocycles. The standard InChI is InChI=1S/C14H16ClN3/c1-8(2)11-6-5-9(3)12(7-11)13-14(15)16-10(4)17-18-13/h5-8H,1-4H3. The van der Waals surface area contributed by atoms with Crippen LogP contribution in [0.15, 0.2) is 18.2 Å². The van der Waals surface area contributed by atoms with Crippen molar-refractivity contribution >= 4 is 11.6 Å². The molecule has 0 N–H and O–H groups in total. The Balaban J connectivity index is 2.59. The number of benzene rings is 1. The minimum atomic E-state index is 0.409. The Morgan fingerprint density at radius 2 is 1.83 bits per heavy atom. The van der Waals surface area contributed by atoms with E-state index in [1.54, 1.807) is 6.92 Å². The second-order valence-electron chi connectivity index (χ2n) is 4.73. The molecule has 0 bridgehead atoms. The molecule has 0 radical (unpaired) electrons. The molecule has 94 valence electrons. The van der Waals surface area contributed by atoms with E-state index >= 15 is 0 Å². The van der Waals surface area contributed by atoms with Gasteiger partial charge in [-0.05, 0) is 37.0 Å². The van der Waals surface area contributed by atoms with Crippen LogP contribution in [-0.4, -0.2) is 15.2 Å². The molecule has 0 aliphatic rings. The predicted molar refractivity (Wildman–Crippen MR) is 73.8 cm³/mol. The first kappa shape index (κ1) is 13.0.